The fourth-order valence-electron chi connectivity index (χ4n) is 3.07. The van der Waals surface area contributed by atoms with Crippen LogP contribution in [0.3, 0.4) is 0 Å². The molecule has 2 saturated heterocycles. The summed E-state index contributed by atoms with van der Waals surface area (Å²) < 4.78 is 5.47. The molecule has 2 aliphatic rings. The first-order valence-electron chi connectivity index (χ1n) is 6.28. The van der Waals surface area contributed by atoms with Gasteiger partial charge < -0.3 is 9.84 Å². The van der Waals surface area contributed by atoms with Gasteiger partial charge >= 0.3 is 5.97 Å². The van der Waals surface area contributed by atoms with E-state index in [1.54, 1.807) is 0 Å². The molecule has 4 nitrogen and oxygen atoms in total. The maximum atomic E-state index is 11.1. The van der Waals surface area contributed by atoms with E-state index in [9.17, 15) is 4.79 Å². The van der Waals surface area contributed by atoms with E-state index >= 15 is 0 Å². The molecule has 0 radical (unpaired) electrons. The van der Waals surface area contributed by atoms with Gasteiger partial charge in [0.1, 0.15) is 0 Å². The van der Waals surface area contributed by atoms with Crippen molar-refractivity contribution in [3.63, 3.8) is 0 Å². The number of carboxylic acid groups (broad SMARTS) is 1. The first-order chi connectivity index (χ1) is 7.73. The summed E-state index contributed by atoms with van der Waals surface area (Å²) in [6.07, 6.45) is 5.53. The second-order valence-corrected chi connectivity index (χ2v) is 4.95. The van der Waals surface area contributed by atoms with Crippen molar-refractivity contribution in [2.45, 2.75) is 44.1 Å². The van der Waals surface area contributed by atoms with Crippen LogP contribution in [0.2, 0.25) is 0 Å². The number of hydrogen-bond donors (Lipinski definition) is 1. The fraction of sp³-hybridized carbons (Fsp3) is 0.917. The van der Waals surface area contributed by atoms with Gasteiger partial charge in [-0.25, -0.2) is 0 Å². The maximum Gasteiger partial charge on any atom is 0.305 e. The molecule has 92 valence electrons. The molecule has 0 amide bonds. The Morgan fingerprint density at radius 3 is 2.62 bits per heavy atom. The fourth-order valence-corrected chi connectivity index (χ4v) is 3.07. The lowest BCUT2D eigenvalue weighted by Crippen LogP contribution is -2.49. The summed E-state index contributed by atoms with van der Waals surface area (Å²) in [5.74, 6) is -0.672. The molecule has 2 aliphatic heterocycles. The normalized spacial score (nSPS) is 32.5. The van der Waals surface area contributed by atoms with Crippen LogP contribution in [0.5, 0.6) is 0 Å². The highest BCUT2D eigenvalue weighted by Gasteiger charge is 2.40. The topological polar surface area (TPSA) is 49.8 Å². The molecule has 0 aromatic carbocycles. The Kier molecular flexibility index (Phi) is 3.82. The number of carboxylic acids is 1. The highest BCUT2D eigenvalue weighted by molar-refractivity contribution is 5.68. The van der Waals surface area contributed by atoms with Crippen LogP contribution in [-0.4, -0.2) is 47.8 Å². The zero-order valence-corrected chi connectivity index (χ0v) is 9.78. The molecule has 16 heavy (non-hydrogen) atoms. The van der Waals surface area contributed by atoms with Gasteiger partial charge in [0.2, 0.25) is 0 Å². The van der Waals surface area contributed by atoms with Crippen LogP contribution in [0.1, 0.15) is 38.5 Å². The van der Waals surface area contributed by atoms with Crippen molar-refractivity contribution in [2.75, 3.05) is 26.3 Å². The SMILES string of the molecule is O=C(O)CC1(N2CCCC2)CCCOCC1. The lowest BCUT2D eigenvalue weighted by Gasteiger charge is -2.40. The minimum absolute atomic E-state index is 0.126. The summed E-state index contributed by atoms with van der Waals surface area (Å²) >= 11 is 0. The van der Waals surface area contributed by atoms with Crippen LogP contribution < -0.4 is 0 Å². The first-order valence-corrected chi connectivity index (χ1v) is 6.28. The minimum atomic E-state index is -0.672. The van der Waals surface area contributed by atoms with Crippen molar-refractivity contribution >= 4 is 5.97 Å². The van der Waals surface area contributed by atoms with E-state index in [2.05, 4.69) is 4.90 Å². The number of ether oxygens (including phenoxy) is 1. The highest BCUT2D eigenvalue weighted by Crippen LogP contribution is 2.34. The Morgan fingerprint density at radius 1 is 1.19 bits per heavy atom. The van der Waals surface area contributed by atoms with Gasteiger partial charge in [-0.3, -0.25) is 9.69 Å². The van der Waals surface area contributed by atoms with Crippen LogP contribution in [0.4, 0.5) is 0 Å². The number of carbonyl (C=O) groups is 1. The van der Waals surface area contributed by atoms with E-state index in [1.807, 2.05) is 0 Å². The lowest BCUT2D eigenvalue weighted by molar-refractivity contribution is -0.140. The molecule has 4 heteroatoms. The van der Waals surface area contributed by atoms with E-state index in [4.69, 9.17) is 9.84 Å². The van der Waals surface area contributed by atoms with Crippen LogP contribution in [-0.2, 0) is 9.53 Å². The first kappa shape index (κ1) is 11.9. The summed E-state index contributed by atoms with van der Waals surface area (Å²) in [4.78, 5) is 13.5. The van der Waals surface area contributed by atoms with E-state index in [0.29, 0.717) is 6.61 Å². The van der Waals surface area contributed by atoms with Crippen molar-refractivity contribution in [2.24, 2.45) is 0 Å². The number of aliphatic carboxylic acids is 1. The Hall–Kier alpha value is -0.610. The minimum Gasteiger partial charge on any atom is -0.481 e. The third-order valence-corrected chi connectivity index (χ3v) is 3.90. The maximum absolute atomic E-state index is 11.1. The monoisotopic (exact) mass is 227 g/mol. The standard InChI is InChI=1S/C12H21NO3/c14-11(15)10-12(13-6-1-2-7-13)4-3-8-16-9-5-12/h1-10H2,(H,14,15). The van der Waals surface area contributed by atoms with E-state index in [1.165, 1.54) is 12.8 Å². The quantitative estimate of drug-likeness (QED) is 0.793. The molecule has 0 spiro atoms. The lowest BCUT2D eigenvalue weighted by atomic mass is 9.85. The van der Waals surface area contributed by atoms with Gasteiger partial charge in [-0.15, -0.1) is 0 Å². The third-order valence-electron chi connectivity index (χ3n) is 3.90. The average Bonchev–Trinajstić information content (AvgIpc) is 2.67. The molecule has 1 unspecified atom stereocenters. The van der Waals surface area contributed by atoms with Crippen molar-refractivity contribution in [1.29, 1.82) is 0 Å². The van der Waals surface area contributed by atoms with Gasteiger partial charge in [-0.2, -0.15) is 0 Å². The predicted octanol–water partition coefficient (Wildman–Crippen LogP) is 1.50. The number of nitrogens with zero attached hydrogens (tertiary/aromatic N) is 1. The van der Waals surface area contributed by atoms with Crippen molar-refractivity contribution < 1.29 is 14.6 Å². The third kappa shape index (κ3) is 2.55. The molecule has 1 N–H and O–H groups in total. The Labute approximate surface area is 96.6 Å². The van der Waals surface area contributed by atoms with Gasteiger partial charge in [0.05, 0.1) is 6.42 Å². The summed E-state index contributed by atoms with van der Waals surface area (Å²) in [7, 11) is 0. The average molecular weight is 227 g/mol. The number of rotatable bonds is 3. The smallest absolute Gasteiger partial charge is 0.305 e. The van der Waals surface area contributed by atoms with Gasteiger partial charge in [0.25, 0.3) is 0 Å². The highest BCUT2D eigenvalue weighted by atomic mass is 16.5. The summed E-state index contributed by atoms with van der Waals surface area (Å²) in [5, 5.41) is 9.12. The van der Waals surface area contributed by atoms with E-state index < -0.39 is 5.97 Å². The van der Waals surface area contributed by atoms with Crippen LogP contribution >= 0.6 is 0 Å². The Balaban J connectivity index is 2.11. The molecule has 2 fully saturated rings. The largest absolute Gasteiger partial charge is 0.481 e. The van der Waals surface area contributed by atoms with Crippen molar-refractivity contribution in [3.8, 4) is 0 Å². The van der Waals surface area contributed by atoms with Crippen LogP contribution in [0.15, 0.2) is 0 Å². The molecule has 0 saturated carbocycles. The van der Waals surface area contributed by atoms with Crippen molar-refractivity contribution in [3.05, 3.63) is 0 Å². The number of likely N-dealkylation sites (tertiary alicyclic amines) is 1. The molecule has 0 aromatic rings. The second-order valence-electron chi connectivity index (χ2n) is 4.95. The van der Waals surface area contributed by atoms with E-state index in [-0.39, 0.29) is 12.0 Å². The Morgan fingerprint density at radius 2 is 1.94 bits per heavy atom. The molecule has 2 rings (SSSR count). The molecular formula is C12H21NO3. The zero-order chi connectivity index (χ0) is 11.4. The van der Waals surface area contributed by atoms with Crippen LogP contribution in [0.25, 0.3) is 0 Å². The molecule has 1 atom stereocenters. The van der Waals surface area contributed by atoms with E-state index in [0.717, 1.165) is 39.0 Å². The zero-order valence-electron chi connectivity index (χ0n) is 9.78. The molecule has 0 aliphatic carbocycles. The summed E-state index contributed by atoms with van der Waals surface area (Å²) in [6, 6.07) is 0. The molecule has 0 aromatic heterocycles. The number of hydrogen-bond acceptors (Lipinski definition) is 3. The Bertz CT molecular complexity index is 241. The predicted molar refractivity (Wildman–Crippen MR) is 60.5 cm³/mol. The summed E-state index contributed by atoms with van der Waals surface area (Å²) in [5.41, 5.74) is -0.126. The molecule has 0 bridgehead atoms. The van der Waals surface area contributed by atoms with Crippen molar-refractivity contribution in [1.82, 2.24) is 4.90 Å². The summed E-state index contributed by atoms with van der Waals surface area (Å²) in [6.45, 7) is 3.62. The van der Waals surface area contributed by atoms with Gasteiger partial charge in [-0.1, -0.05) is 0 Å². The molecule has 2 heterocycles. The molecular weight excluding hydrogens is 206 g/mol. The second kappa shape index (κ2) is 5.15. The van der Waals surface area contributed by atoms with Gasteiger partial charge in [-0.05, 0) is 45.2 Å². The van der Waals surface area contributed by atoms with Gasteiger partial charge in [0, 0.05) is 18.8 Å². The van der Waals surface area contributed by atoms with Gasteiger partial charge in [0.15, 0.2) is 0 Å². The van der Waals surface area contributed by atoms with Crippen LogP contribution in [0, 0.1) is 0 Å².